The maximum absolute atomic E-state index is 10.2. The fourth-order valence-corrected chi connectivity index (χ4v) is 3.78. The Balaban J connectivity index is 0.000000468. The minimum Gasteiger partial charge on any atom is -0.330 e. The summed E-state index contributed by atoms with van der Waals surface area (Å²) in [5.41, 5.74) is 13.0. The standard InChI is InChI=1S/C12H17NO.C5H14N2S2/c1-2-3-4-5-11-6-8-12(9-7-11)13-10-14;1-5(7)4-9-8-3-2-6/h6-10H,2-5H2,1H3,(H,13,14);5H,2-4,6-7H2,1H3. The van der Waals surface area contributed by atoms with Gasteiger partial charge >= 0.3 is 0 Å². The molecule has 1 aromatic rings. The van der Waals surface area contributed by atoms with Gasteiger partial charge in [-0.1, -0.05) is 53.5 Å². The van der Waals surface area contributed by atoms with Crippen molar-refractivity contribution < 1.29 is 4.79 Å². The second kappa shape index (κ2) is 16.2. The molecule has 4 nitrogen and oxygen atoms in total. The average molecular weight is 358 g/mol. The van der Waals surface area contributed by atoms with Crippen molar-refractivity contribution in [2.45, 2.75) is 45.6 Å². The van der Waals surface area contributed by atoms with Crippen LogP contribution in [0.4, 0.5) is 5.69 Å². The molecular weight excluding hydrogens is 326 g/mol. The number of aryl methyl sites for hydroxylation is 1. The van der Waals surface area contributed by atoms with Crippen LogP contribution in [0, 0.1) is 0 Å². The van der Waals surface area contributed by atoms with Gasteiger partial charge in [0.2, 0.25) is 6.41 Å². The van der Waals surface area contributed by atoms with Gasteiger partial charge in [-0.05, 0) is 37.5 Å². The number of amides is 1. The zero-order chi connectivity index (χ0) is 17.3. The second-order valence-corrected chi connectivity index (χ2v) is 7.92. The summed E-state index contributed by atoms with van der Waals surface area (Å²) in [5.74, 6) is 2.04. The monoisotopic (exact) mass is 357 g/mol. The fourth-order valence-electron chi connectivity index (χ4n) is 1.68. The van der Waals surface area contributed by atoms with Crippen LogP contribution in [-0.4, -0.2) is 30.5 Å². The lowest BCUT2D eigenvalue weighted by Crippen LogP contribution is -2.17. The van der Waals surface area contributed by atoms with E-state index in [-0.39, 0.29) is 0 Å². The molecule has 132 valence electrons. The van der Waals surface area contributed by atoms with E-state index in [1.807, 2.05) is 19.1 Å². The number of carbonyl (C=O) groups excluding carboxylic acids is 1. The van der Waals surface area contributed by atoms with Gasteiger partial charge < -0.3 is 16.8 Å². The quantitative estimate of drug-likeness (QED) is 0.320. The van der Waals surface area contributed by atoms with Crippen molar-refractivity contribution >= 4 is 33.7 Å². The Hall–Kier alpha value is -0.690. The van der Waals surface area contributed by atoms with Crippen molar-refractivity contribution in [3.63, 3.8) is 0 Å². The molecule has 0 aliphatic rings. The Morgan fingerprint density at radius 2 is 1.91 bits per heavy atom. The smallest absolute Gasteiger partial charge is 0.211 e. The Kier molecular flexibility index (Phi) is 15.7. The molecule has 0 aromatic heterocycles. The van der Waals surface area contributed by atoms with E-state index in [1.165, 1.54) is 24.8 Å². The van der Waals surface area contributed by atoms with Gasteiger partial charge in [-0.25, -0.2) is 0 Å². The molecule has 6 heteroatoms. The van der Waals surface area contributed by atoms with E-state index in [1.54, 1.807) is 21.6 Å². The number of hydrogen-bond donors (Lipinski definition) is 3. The number of nitrogens with two attached hydrogens (primary N) is 2. The van der Waals surface area contributed by atoms with E-state index in [9.17, 15) is 4.79 Å². The third kappa shape index (κ3) is 14.6. The van der Waals surface area contributed by atoms with Crippen LogP contribution in [0.15, 0.2) is 24.3 Å². The first-order chi connectivity index (χ1) is 11.1. The Morgan fingerprint density at radius 3 is 2.43 bits per heavy atom. The van der Waals surface area contributed by atoms with Gasteiger partial charge in [0.15, 0.2) is 0 Å². The fraction of sp³-hybridized carbons (Fsp3) is 0.588. The van der Waals surface area contributed by atoms with Gasteiger partial charge in [-0.3, -0.25) is 4.79 Å². The molecule has 0 heterocycles. The van der Waals surface area contributed by atoms with E-state index in [0.29, 0.717) is 12.5 Å². The van der Waals surface area contributed by atoms with Gasteiger partial charge in [-0.2, -0.15) is 0 Å². The third-order valence-corrected chi connectivity index (χ3v) is 5.50. The highest BCUT2D eigenvalue weighted by atomic mass is 33.1. The summed E-state index contributed by atoms with van der Waals surface area (Å²) < 4.78 is 0. The normalized spacial score (nSPS) is 11.3. The highest BCUT2D eigenvalue weighted by Crippen LogP contribution is 2.20. The minimum atomic E-state index is 0.306. The summed E-state index contributed by atoms with van der Waals surface area (Å²) in [6.07, 6.45) is 5.62. The number of benzene rings is 1. The Labute approximate surface area is 148 Å². The predicted molar refractivity (Wildman–Crippen MR) is 107 cm³/mol. The van der Waals surface area contributed by atoms with Crippen LogP contribution in [0.25, 0.3) is 0 Å². The zero-order valence-corrected chi connectivity index (χ0v) is 15.9. The van der Waals surface area contributed by atoms with Crippen LogP contribution in [0.3, 0.4) is 0 Å². The van der Waals surface area contributed by atoms with Crippen LogP contribution < -0.4 is 16.8 Å². The molecule has 0 radical (unpaired) electrons. The number of nitrogens with one attached hydrogen (secondary N) is 1. The number of unbranched alkanes of at least 4 members (excludes halogenated alkanes) is 2. The lowest BCUT2D eigenvalue weighted by Gasteiger charge is -2.02. The molecule has 0 bridgehead atoms. The molecule has 0 saturated heterocycles. The highest BCUT2D eigenvalue weighted by Gasteiger charge is 1.94. The Morgan fingerprint density at radius 1 is 1.22 bits per heavy atom. The van der Waals surface area contributed by atoms with Crippen LogP contribution in [0.1, 0.15) is 38.7 Å². The van der Waals surface area contributed by atoms with E-state index in [2.05, 4.69) is 24.4 Å². The first-order valence-electron chi connectivity index (χ1n) is 8.13. The molecule has 0 aliphatic heterocycles. The van der Waals surface area contributed by atoms with Gasteiger partial charge in [0.1, 0.15) is 0 Å². The Bertz CT molecular complexity index is 386. The lowest BCUT2D eigenvalue weighted by atomic mass is 10.1. The first kappa shape index (κ1) is 22.3. The van der Waals surface area contributed by atoms with E-state index < -0.39 is 0 Å². The molecule has 0 fully saturated rings. The SMILES string of the molecule is CC(N)CSSCCN.CCCCCc1ccc(NC=O)cc1. The van der Waals surface area contributed by atoms with Crippen molar-refractivity contribution in [3.05, 3.63) is 29.8 Å². The van der Waals surface area contributed by atoms with E-state index in [0.717, 1.165) is 30.2 Å². The number of carbonyl (C=O) groups is 1. The molecule has 5 N–H and O–H groups in total. The van der Waals surface area contributed by atoms with Gasteiger partial charge in [0, 0.05) is 29.8 Å². The zero-order valence-electron chi connectivity index (χ0n) is 14.3. The molecule has 23 heavy (non-hydrogen) atoms. The molecule has 0 aliphatic carbocycles. The summed E-state index contributed by atoms with van der Waals surface area (Å²) in [4.78, 5) is 10.2. The van der Waals surface area contributed by atoms with Crippen LogP contribution in [-0.2, 0) is 11.2 Å². The number of anilines is 1. The van der Waals surface area contributed by atoms with Crippen molar-refractivity contribution in [1.82, 2.24) is 0 Å². The van der Waals surface area contributed by atoms with Gasteiger partial charge in [-0.15, -0.1) is 0 Å². The molecule has 1 rings (SSSR count). The lowest BCUT2D eigenvalue weighted by molar-refractivity contribution is -0.105. The molecule has 0 spiro atoms. The van der Waals surface area contributed by atoms with E-state index >= 15 is 0 Å². The summed E-state index contributed by atoms with van der Waals surface area (Å²) in [5, 5.41) is 2.62. The van der Waals surface area contributed by atoms with Crippen LogP contribution in [0.2, 0.25) is 0 Å². The molecule has 1 atom stereocenters. The molecule has 1 amide bonds. The number of rotatable bonds is 11. The molecule has 1 aromatic carbocycles. The summed E-state index contributed by atoms with van der Waals surface area (Å²) in [6, 6.07) is 8.33. The molecule has 1 unspecified atom stereocenters. The van der Waals surface area contributed by atoms with Crippen molar-refractivity contribution in [1.29, 1.82) is 0 Å². The second-order valence-electron chi connectivity index (χ2n) is 5.29. The highest BCUT2D eigenvalue weighted by molar-refractivity contribution is 8.76. The van der Waals surface area contributed by atoms with Crippen molar-refractivity contribution in [2.24, 2.45) is 11.5 Å². The molecule has 0 saturated carbocycles. The first-order valence-corrected chi connectivity index (χ1v) is 10.6. The molecular formula is C17H31N3OS2. The maximum atomic E-state index is 10.2. The van der Waals surface area contributed by atoms with Crippen molar-refractivity contribution in [3.8, 4) is 0 Å². The van der Waals surface area contributed by atoms with Gasteiger partial charge in [0.05, 0.1) is 0 Å². The van der Waals surface area contributed by atoms with Gasteiger partial charge in [0.25, 0.3) is 0 Å². The summed E-state index contributed by atoms with van der Waals surface area (Å²) in [7, 11) is 3.59. The largest absolute Gasteiger partial charge is 0.330 e. The van der Waals surface area contributed by atoms with Crippen molar-refractivity contribution in [2.75, 3.05) is 23.4 Å². The maximum Gasteiger partial charge on any atom is 0.211 e. The average Bonchev–Trinajstić information content (AvgIpc) is 2.54. The predicted octanol–water partition coefficient (Wildman–Crippen LogP) is 3.66. The van der Waals surface area contributed by atoms with Crippen LogP contribution >= 0.6 is 21.6 Å². The summed E-state index contributed by atoms with van der Waals surface area (Å²) >= 11 is 0. The van der Waals surface area contributed by atoms with E-state index in [4.69, 9.17) is 11.5 Å². The topological polar surface area (TPSA) is 81.1 Å². The third-order valence-electron chi connectivity index (χ3n) is 2.86. The number of hydrogen-bond acceptors (Lipinski definition) is 5. The van der Waals surface area contributed by atoms with Crippen LogP contribution in [0.5, 0.6) is 0 Å². The summed E-state index contributed by atoms with van der Waals surface area (Å²) in [6.45, 7) is 4.98. The minimum absolute atomic E-state index is 0.306.